The molecule has 10 heteroatoms. The molecule has 3 amide bonds. The Labute approximate surface area is 255 Å². The maximum atomic E-state index is 15.0. The lowest BCUT2D eigenvalue weighted by Gasteiger charge is -2.37. The highest BCUT2D eigenvalue weighted by Crippen LogP contribution is 2.36. The van der Waals surface area contributed by atoms with Crippen molar-refractivity contribution in [2.45, 2.75) is 116 Å². The van der Waals surface area contributed by atoms with Crippen LogP contribution in [0.2, 0.25) is 0 Å². The zero-order valence-electron chi connectivity index (χ0n) is 26.0. The van der Waals surface area contributed by atoms with Crippen LogP contribution in [0.1, 0.15) is 103 Å². The Bertz CT molecular complexity index is 1150. The van der Waals surface area contributed by atoms with Gasteiger partial charge in [-0.2, -0.15) is 0 Å². The van der Waals surface area contributed by atoms with Crippen LogP contribution in [-0.2, 0) is 14.4 Å². The molecule has 0 saturated carbocycles. The summed E-state index contributed by atoms with van der Waals surface area (Å²) in [5, 5.41) is 9.38. The van der Waals surface area contributed by atoms with Crippen LogP contribution < -0.4 is 16.0 Å². The summed E-state index contributed by atoms with van der Waals surface area (Å²) in [4.78, 5) is 43.6. The van der Waals surface area contributed by atoms with Gasteiger partial charge in [-0.15, -0.1) is 0 Å². The lowest BCUT2D eigenvalue weighted by molar-refractivity contribution is -0.137. The number of amides is 3. The minimum absolute atomic E-state index is 0.0949. The molecule has 0 aromatic heterocycles. The third-order valence-corrected chi connectivity index (χ3v) is 8.86. The zero-order chi connectivity index (χ0) is 30.9. The number of halogens is 2. The first kappa shape index (κ1) is 32.9. The topological polar surface area (TPSA) is 93.8 Å². The molecule has 1 aliphatic carbocycles. The molecule has 2 fully saturated rings. The molecule has 1 aromatic rings. The molecule has 0 radical (unpaired) electrons. The number of nitrogens with one attached hydrogen (secondary N) is 3. The van der Waals surface area contributed by atoms with Crippen molar-refractivity contribution in [3.05, 3.63) is 47.2 Å². The maximum absolute atomic E-state index is 15.0. The molecule has 4 rings (SSSR count). The molecule has 3 N–H and O–H groups in total. The minimum atomic E-state index is -0.992. The van der Waals surface area contributed by atoms with Gasteiger partial charge in [0.2, 0.25) is 17.7 Å². The predicted octanol–water partition coefficient (Wildman–Crippen LogP) is 4.91. The van der Waals surface area contributed by atoms with Gasteiger partial charge < -0.3 is 20.4 Å². The van der Waals surface area contributed by atoms with Gasteiger partial charge in [-0.1, -0.05) is 32.4 Å². The smallest absolute Gasteiger partial charge is 0.243 e. The van der Waals surface area contributed by atoms with E-state index in [1.807, 2.05) is 20.8 Å². The second-order valence-electron chi connectivity index (χ2n) is 12.7. The molecule has 2 unspecified atom stereocenters. The first-order chi connectivity index (χ1) is 20.6. The van der Waals surface area contributed by atoms with E-state index < -0.39 is 29.6 Å². The highest BCUT2D eigenvalue weighted by molar-refractivity contribution is 5.92. The number of hydrogen-bond donors (Lipinski definition) is 3. The van der Waals surface area contributed by atoms with Crippen molar-refractivity contribution in [1.29, 1.82) is 0 Å². The van der Waals surface area contributed by atoms with Gasteiger partial charge in [0.15, 0.2) is 0 Å². The van der Waals surface area contributed by atoms with Gasteiger partial charge in [-0.25, -0.2) is 8.78 Å². The van der Waals surface area contributed by atoms with E-state index in [9.17, 15) is 18.8 Å². The molecule has 3 aliphatic rings. The fraction of sp³-hybridized carbons (Fsp3) is 0.667. The van der Waals surface area contributed by atoms with Gasteiger partial charge in [-0.3, -0.25) is 19.7 Å². The van der Waals surface area contributed by atoms with Gasteiger partial charge in [0.1, 0.15) is 23.8 Å². The van der Waals surface area contributed by atoms with E-state index in [2.05, 4.69) is 26.9 Å². The molecule has 1 aromatic carbocycles. The van der Waals surface area contributed by atoms with Gasteiger partial charge >= 0.3 is 0 Å². The van der Waals surface area contributed by atoms with Gasteiger partial charge in [0.25, 0.3) is 0 Å². The number of carbonyl (C=O) groups excluding carboxylic acids is 3. The van der Waals surface area contributed by atoms with Crippen molar-refractivity contribution in [2.24, 2.45) is 5.92 Å². The quantitative estimate of drug-likeness (QED) is 0.335. The molecule has 4 atom stereocenters. The summed E-state index contributed by atoms with van der Waals surface area (Å²) in [7, 11) is 0. The number of likely N-dealkylation sites (tertiary alicyclic amines) is 1. The standard InChI is InChI=1S/C33H49F2N5O3/c1-22(2)13-16-30(41)38-28(20-31(42)39-17-9-6-10-18-39)33(43)37-23(3)32-36-21-29(26-15-14-24(34)19-27(26)35)40(32)25-11-7-4-5-8-12-25/h11,14-15,19,22-23,28-29,32,36H,4-10,12-13,16-18,20-21H2,1-3H3,(H,37,43)(H,38,41)/t23-,28-,29?,32?/m0/s1. The zero-order valence-corrected chi connectivity index (χ0v) is 26.0. The number of benzene rings is 1. The van der Waals surface area contributed by atoms with Crippen LogP contribution in [0, 0.1) is 17.6 Å². The fourth-order valence-electron chi connectivity index (χ4n) is 6.43. The van der Waals surface area contributed by atoms with Gasteiger partial charge in [-0.05, 0) is 70.3 Å². The van der Waals surface area contributed by atoms with Crippen molar-refractivity contribution in [2.75, 3.05) is 19.6 Å². The van der Waals surface area contributed by atoms with E-state index in [0.29, 0.717) is 37.5 Å². The first-order valence-corrected chi connectivity index (χ1v) is 16.2. The monoisotopic (exact) mass is 601 g/mol. The summed E-state index contributed by atoms with van der Waals surface area (Å²) >= 11 is 0. The highest BCUT2D eigenvalue weighted by Gasteiger charge is 2.40. The summed E-state index contributed by atoms with van der Waals surface area (Å²) in [6, 6.07) is 1.89. The molecule has 238 valence electrons. The number of allylic oxidation sites excluding steroid dienone is 2. The Morgan fingerprint density at radius 2 is 1.74 bits per heavy atom. The average molecular weight is 602 g/mol. The lowest BCUT2D eigenvalue weighted by Crippen LogP contribution is -2.57. The molecule has 43 heavy (non-hydrogen) atoms. The SMILES string of the molecule is CC(C)CCC(=O)N[C@@H](CC(=O)N1CCCCC1)C(=O)N[C@@H](C)C1NCC(c2ccc(F)cc2F)N1C1=CCCCCC1. The van der Waals surface area contributed by atoms with Crippen molar-refractivity contribution in [3.8, 4) is 0 Å². The molecular weight excluding hydrogens is 552 g/mol. The molecule has 2 heterocycles. The average Bonchev–Trinajstić information content (AvgIpc) is 3.23. The third kappa shape index (κ3) is 9.00. The van der Waals surface area contributed by atoms with E-state index in [-0.39, 0.29) is 36.9 Å². The fourth-order valence-corrected chi connectivity index (χ4v) is 6.43. The van der Waals surface area contributed by atoms with E-state index in [1.54, 1.807) is 4.90 Å². The predicted molar refractivity (Wildman–Crippen MR) is 163 cm³/mol. The van der Waals surface area contributed by atoms with Crippen LogP contribution in [0.4, 0.5) is 8.78 Å². The maximum Gasteiger partial charge on any atom is 0.243 e. The highest BCUT2D eigenvalue weighted by atomic mass is 19.1. The van der Waals surface area contributed by atoms with Crippen LogP contribution in [0.5, 0.6) is 0 Å². The van der Waals surface area contributed by atoms with Crippen LogP contribution in [-0.4, -0.2) is 65.4 Å². The van der Waals surface area contributed by atoms with Crippen LogP contribution in [0.25, 0.3) is 0 Å². The number of rotatable bonds is 11. The van der Waals surface area contributed by atoms with Crippen LogP contribution in [0.15, 0.2) is 30.0 Å². The van der Waals surface area contributed by atoms with E-state index in [0.717, 1.165) is 63.1 Å². The largest absolute Gasteiger partial charge is 0.349 e. The number of piperidine rings is 1. The minimum Gasteiger partial charge on any atom is -0.349 e. The van der Waals surface area contributed by atoms with Crippen molar-refractivity contribution in [1.82, 2.24) is 25.8 Å². The summed E-state index contributed by atoms with van der Waals surface area (Å²) in [5.41, 5.74) is 1.49. The Balaban J connectivity index is 1.52. The molecule has 0 bridgehead atoms. The van der Waals surface area contributed by atoms with Crippen LogP contribution in [0.3, 0.4) is 0 Å². The Kier molecular flexibility index (Phi) is 12.0. The summed E-state index contributed by atoms with van der Waals surface area (Å²) in [5.74, 6) is -1.67. The van der Waals surface area contributed by atoms with E-state index in [1.165, 1.54) is 12.1 Å². The summed E-state index contributed by atoms with van der Waals surface area (Å²) in [6.07, 6.45) is 10.6. The Morgan fingerprint density at radius 3 is 2.47 bits per heavy atom. The Morgan fingerprint density at radius 1 is 1.00 bits per heavy atom. The second-order valence-corrected chi connectivity index (χ2v) is 12.7. The molecule has 0 spiro atoms. The van der Waals surface area contributed by atoms with Gasteiger partial charge in [0, 0.05) is 43.4 Å². The van der Waals surface area contributed by atoms with Crippen molar-refractivity contribution in [3.63, 3.8) is 0 Å². The molecule has 8 nitrogen and oxygen atoms in total. The first-order valence-electron chi connectivity index (χ1n) is 16.2. The van der Waals surface area contributed by atoms with Crippen molar-refractivity contribution >= 4 is 17.7 Å². The van der Waals surface area contributed by atoms with E-state index in [4.69, 9.17) is 0 Å². The summed E-state index contributed by atoms with van der Waals surface area (Å²) < 4.78 is 28.8. The third-order valence-electron chi connectivity index (χ3n) is 8.86. The van der Waals surface area contributed by atoms with E-state index >= 15 is 4.39 Å². The number of hydrogen-bond acceptors (Lipinski definition) is 5. The molecule has 2 saturated heterocycles. The molecule has 2 aliphatic heterocycles. The lowest BCUT2D eigenvalue weighted by atomic mass is 10.0. The molecular formula is C33H49F2N5O3. The summed E-state index contributed by atoms with van der Waals surface area (Å²) in [6.45, 7) is 7.72. The second kappa shape index (κ2) is 15.6. The van der Waals surface area contributed by atoms with Crippen molar-refractivity contribution < 1.29 is 23.2 Å². The normalized spacial score (nSPS) is 22.5. The van der Waals surface area contributed by atoms with Crippen LogP contribution >= 0.6 is 0 Å². The number of carbonyl (C=O) groups is 3. The Hall–Kier alpha value is -3.01. The van der Waals surface area contributed by atoms with Gasteiger partial charge in [0.05, 0.1) is 18.5 Å². The number of nitrogens with zero attached hydrogens (tertiary/aromatic N) is 2.